The number of carbonyl (C=O) groups is 1. The average Bonchev–Trinajstić information content (AvgIpc) is 2.84. The summed E-state index contributed by atoms with van der Waals surface area (Å²) in [6.45, 7) is 0.575. The SMILES string of the molecule is [N-]=[N+]=NCCCCCCCCCCC(=O)On1c(O)ccc1O. The predicted octanol–water partition coefficient (Wildman–Crippen LogP) is 3.68. The van der Waals surface area contributed by atoms with Crippen molar-refractivity contribution in [2.75, 3.05) is 6.54 Å². The maximum Gasteiger partial charge on any atom is 0.333 e. The van der Waals surface area contributed by atoms with Crippen LogP contribution in [0.3, 0.4) is 0 Å². The highest BCUT2D eigenvalue weighted by atomic mass is 16.7. The molecule has 1 aromatic rings. The summed E-state index contributed by atoms with van der Waals surface area (Å²) in [6, 6.07) is 2.49. The molecule has 1 aromatic heterocycles. The molecule has 1 rings (SSSR count). The van der Waals surface area contributed by atoms with Crippen molar-refractivity contribution in [3.63, 3.8) is 0 Å². The zero-order valence-electron chi connectivity index (χ0n) is 13.2. The Labute approximate surface area is 135 Å². The fourth-order valence-electron chi connectivity index (χ4n) is 2.20. The Kier molecular flexibility index (Phi) is 9.16. The summed E-state index contributed by atoms with van der Waals surface area (Å²) in [5, 5.41) is 22.2. The highest BCUT2D eigenvalue weighted by molar-refractivity contribution is 5.69. The second kappa shape index (κ2) is 11.3. The van der Waals surface area contributed by atoms with Crippen LogP contribution in [0.1, 0.15) is 57.8 Å². The molecule has 0 aliphatic heterocycles. The van der Waals surface area contributed by atoms with Crippen molar-refractivity contribution in [1.29, 1.82) is 0 Å². The van der Waals surface area contributed by atoms with Crippen molar-refractivity contribution < 1.29 is 19.8 Å². The van der Waals surface area contributed by atoms with Gasteiger partial charge in [0.05, 0.1) is 0 Å². The van der Waals surface area contributed by atoms with Crippen molar-refractivity contribution in [3.05, 3.63) is 22.6 Å². The third kappa shape index (κ3) is 8.01. The number of nitrogens with zero attached hydrogens (tertiary/aromatic N) is 4. The molecule has 0 radical (unpaired) electrons. The first-order valence-corrected chi connectivity index (χ1v) is 7.97. The second-order valence-corrected chi connectivity index (χ2v) is 5.34. The summed E-state index contributed by atoms with van der Waals surface area (Å²) >= 11 is 0. The summed E-state index contributed by atoms with van der Waals surface area (Å²) in [7, 11) is 0. The molecule has 2 N–H and O–H groups in total. The molecular formula is C15H24N4O4. The molecule has 23 heavy (non-hydrogen) atoms. The van der Waals surface area contributed by atoms with E-state index in [0.29, 0.717) is 11.3 Å². The van der Waals surface area contributed by atoms with E-state index in [2.05, 4.69) is 10.0 Å². The van der Waals surface area contributed by atoms with Crippen molar-refractivity contribution >= 4 is 5.97 Å². The van der Waals surface area contributed by atoms with Crippen LogP contribution in [-0.2, 0) is 4.79 Å². The van der Waals surface area contributed by atoms with E-state index in [-0.39, 0.29) is 18.2 Å². The first-order valence-electron chi connectivity index (χ1n) is 7.97. The first kappa shape index (κ1) is 18.7. The molecule has 8 nitrogen and oxygen atoms in total. The van der Waals surface area contributed by atoms with Crippen molar-refractivity contribution in [2.24, 2.45) is 5.11 Å². The molecule has 0 spiro atoms. The summed E-state index contributed by atoms with van der Waals surface area (Å²) in [6.07, 6.45) is 8.39. The van der Waals surface area contributed by atoms with Crippen LogP contribution in [0.25, 0.3) is 10.4 Å². The molecule has 0 aliphatic carbocycles. The van der Waals surface area contributed by atoms with Crippen LogP contribution in [0.15, 0.2) is 17.2 Å². The lowest BCUT2D eigenvalue weighted by Crippen LogP contribution is -2.18. The van der Waals surface area contributed by atoms with Gasteiger partial charge in [0.15, 0.2) is 0 Å². The van der Waals surface area contributed by atoms with Crippen molar-refractivity contribution in [1.82, 2.24) is 4.73 Å². The number of aromatic hydroxyl groups is 2. The summed E-state index contributed by atoms with van der Waals surface area (Å²) < 4.78 is 0.707. The molecule has 0 fully saturated rings. The smallest absolute Gasteiger partial charge is 0.333 e. The van der Waals surface area contributed by atoms with Gasteiger partial charge in [0.25, 0.3) is 0 Å². The zero-order valence-corrected chi connectivity index (χ0v) is 13.2. The van der Waals surface area contributed by atoms with Crippen LogP contribution in [-0.4, -0.2) is 27.5 Å². The molecule has 0 unspecified atom stereocenters. The van der Waals surface area contributed by atoms with Gasteiger partial charge in [0, 0.05) is 30.0 Å². The molecular weight excluding hydrogens is 300 g/mol. The Morgan fingerprint density at radius 3 is 2.13 bits per heavy atom. The Hall–Kier alpha value is -2.34. The number of carbonyl (C=O) groups excluding carboxylic acids is 1. The van der Waals surface area contributed by atoms with E-state index < -0.39 is 5.97 Å². The van der Waals surface area contributed by atoms with Gasteiger partial charge in [0.1, 0.15) is 0 Å². The first-order chi connectivity index (χ1) is 11.1. The highest BCUT2D eigenvalue weighted by Gasteiger charge is 2.11. The van der Waals surface area contributed by atoms with Crippen LogP contribution < -0.4 is 4.84 Å². The molecule has 0 saturated heterocycles. The van der Waals surface area contributed by atoms with Gasteiger partial charge in [-0.1, -0.05) is 43.6 Å². The lowest BCUT2D eigenvalue weighted by Gasteiger charge is -2.06. The van der Waals surface area contributed by atoms with Gasteiger partial charge >= 0.3 is 5.97 Å². The van der Waals surface area contributed by atoms with Crippen molar-refractivity contribution in [3.8, 4) is 11.8 Å². The highest BCUT2D eigenvalue weighted by Crippen LogP contribution is 2.19. The molecule has 0 aliphatic rings. The van der Waals surface area contributed by atoms with Gasteiger partial charge in [-0.2, -0.15) is 0 Å². The molecule has 8 heteroatoms. The van der Waals surface area contributed by atoms with Crippen LogP contribution in [0.2, 0.25) is 0 Å². The van der Waals surface area contributed by atoms with E-state index in [1.807, 2.05) is 0 Å². The quantitative estimate of drug-likeness (QED) is 0.263. The van der Waals surface area contributed by atoms with Crippen LogP contribution >= 0.6 is 0 Å². The Bertz CT molecular complexity index is 504. The van der Waals surface area contributed by atoms with E-state index >= 15 is 0 Å². The summed E-state index contributed by atoms with van der Waals surface area (Å²) in [5.41, 5.74) is 8.13. The van der Waals surface area contributed by atoms with Crippen LogP contribution in [0, 0.1) is 0 Å². The molecule has 0 saturated carbocycles. The minimum Gasteiger partial charge on any atom is -0.492 e. The number of aromatic nitrogens is 1. The van der Waals surface area contributed by atoms with E-state index in [9.17, 15) is 15.0 Å². The molecule has 0 amide bonds. The van der Waals surface area contributed by atoms with Crippen molar-refractivity contribution in [2.45, 2.75) is 57.8 Å². The standard InChI is InChI=1S/C15H24N4O4/c16-18-17-12-8-6-4-2-1-3-5-7-9-15(22)23-19-13(20)10-11-14(19)21/h10-11,20-21H,1-9,12H2. The lowest BCUT2D eigenvalue weighted by atomic mass is 10.1. The Balaban J connectivity index is 1.96. The second-order valence-electron chi connectivity index (χ2n) is 5.34. The van der Waals surface area contributed by atoms with Crippen LogP contribution in [0.5, 0.6) is 11.8 Å². The Morgan fingerprint density at radius 2 is 1.57 bits per heavy atom. The molecule has 0 aromatic carbocycles. The monoisotopic (exact) mass is 324 g/mol. The van der Waals surface area contributed by atoms with Gasteiger partial charge in [0.2, 0.25) is 11.8 Å². The topological polar surface area (TPSA) is 120 Å². The van der Waals surface area contributed by atoms with E-state index in [4.69, 9.17) is 10.4 Å². The van der Waals surface area contributed by atoms with E-state index in [0.717, 1.165) is 51.4 Å². The predicted molar refractivity (Wildman–Crippen MR) is 84.9 cm³/mol. The fraction of sp³-hybridized carbons (Fsp3) is 0.667. The van der Waals surface area contributed by atoms with E-state index in [1.54, 1.807) is 0 Å². The minimum absolute atomic E-state index is 0.253. The molecule has 0 atom stereocenters. The van der Waals surface area contributed by atoms with Gasteiger partial charge in [-0.3, -0.25) is 0 Å². The van der Waals surface area contributed by atoms with Crippen LogP contribution in [0.4, 0.5) is 0 Å². The fourth-order valence-corrected chi connectivity index (χ4v) is 2.20. The van der Waals surface area contributed by atoms with Gasteiger partial charge < -0.3 is 15.1 Å². The molecule has 0 bridgehead atoms. The average molecular weight is 324 g/mol. The third-order valence-electron chi connectivity index (χ3n) is 3.44. The van der Waals surface area contributed by atoms with Gasteiger partial charge in [-0.25, -0.2) is 4.79 Å². The minimum atomic E-state index is -0.482. The molecule has 128 valence electrons. The number of unbranched alkanes of at least 4 members (excludes halogenated alkanes) is 7. The lowest BCUT2D eigenvalue weighted by molar-refractivity contribution is -0.145. The number of azide groups is 1. The number of hydrogen-bond acceptors (Lipinski definition) is 5. The number of hydrogen-bond donors (Lipinski definition) is 2. The van der Waals surface area contributed by atoms with Gasteiger partial charge in [-0.05, 0) is 18.4 Å². The normalized spacial score (nSPS) is 10.3. The Morgan fingerprint density at radius 1 is 1.04 bits per heavy atom. The summed E-state index contributed by atoms with van der Waals surface area (Å²) in [4.78, 5) is 19.1. The third-order valence-corrected chi connectivity index (χ3v) is 3.44. The zero-order chi connectivity index (χ0) is 16.9. The summed E-state index contributed by atoms with van der Waals surface area (Å²) in [5.74, 6) is -1.10. The maximum atomic E-state index is 11.6. The number of rotatable bonds is 12. The van der Waals surface area contributed by atoms with Gasteiger partial charge in [-0.15, -0.1) is 4.73 Å². The van der Waals surface area contributed by atoms with E-state index in [1.165, 1.54) is 12.1 Å². The molecule has 1 heterocycles. The largest absolute Gasteiger partial charge is 0.492 e. The maximum absolute atomic E-state index is 11.6.